The molecule has 0 saturated heterocycles. The van der Waals surface area contributed by atoms with Gasteiger partial charge in [0.15, 0.2) is 0 Å². The first-order chi connectivity index (χ1) is 9.08. The normalized spacial score (nSPS) is 10.9. The van der Waals surface area contributed by atoms with Crippen LogP contribution in [0.1, 0.15) is 5.56 Å². The zero-order valence-electron chi connectivity index (χ0n) is 9.97. The Morgan fingerprint density at radius 1 is 1.42 bits per heavy atom. The smallest absolute Gasteiger partial charge is 0.275 e. The van der Waals surface area contributed by atoms with E-state index in [0.29, 0.717) is 5.69 Å². The van der Waals surface area contributed by atoms with Crippen LogP contribution < -0.4 is 11.0 Å². The van der Waals surface area contributed by atoms with Crippen molar-refractivity contribution in [2.24, 2.45) is 12.1 Å². The van der Waals surface area contributed by atoms with E-state index in [2.05, 4.69) is 31.6 Å². The second kappa shape index (κ2) is 5.99. The Bertz CT molecular complexity index is 666. The summed E-state index contributed by atoms with van der Waals surface area (Å²) in [5, 5.41) is 7.92. The zero-order valence-corrected chi connectivity index (χ0v) is 12.3. The van der Waals surface area contributed by atoms with Crippen molar-refractivity contribution < 1.29 is 0 Å². The molecule has 0 amide bonds. The van der Waals surface area contributed by atoms with Gasteiger partial charge >= 0.3 is 0 Å². The average Bonchev–Trinajstić information content (AvgIpc) is 2.41. The maximum absolute atomic E-state index is 11.5. The minimum atomic E-state index is -0.370. The minimum absolute atomic E-state index is 0.0606. The molecule has 2 rings (SSSR count). The number of hydrogen-bond acceptors (Lipinski definition) is 4. The van der Waals surface area contributed by atoms with E-state index in [4.69, 9.17) is 11.6 Å². The third kappa shape index (κ3) is 3.42. The lowest BCUT2D eigenvalue weighted by atomic mass is 10.2. The quantitative estimate of drug-likeness (QED) is 0.690. The Labute approximate surface area is 123 Å². The Morgan fingerprint density at radius 3 is 2.79 bits per heavy atom. The minimum Gasteiger partial charge on any atom is -0.275 e. The molecule has 19 heavy (non-hydrogen) atoms. The van der Waals surface area contributed by atoms with E-state index < -0.39 is 0 Å². The molecule has 0 aliphatic carbocycles. The second-order valence-electron chi connectivity index (χ2n) is 3.72. The molecular formula is C12H10BrClN4O. The summed E-state index contributed by atoms with van der Waals surface area (Å²) in [6.07, 6.45) is 3.07. The molecule has 2 aromatic rings. The molecule has 0 unspecified atom stereocenters. The molecular weight excluding hydrogens is 332 g/mol. The summed E-state index contributed by atoms with van der Waals surface area (Å²) in [5.74, 6) is 0. The summed E-state index contributed by atoms with van der Waals surface area (Å²) in [6, 6.07) is 7.63. The van der Waals surface area contributed by atoms with Crippen LogP contribution in [0.4, 0.5) is 5.69 Å². The lowest BCUT2D eigenvalue weighted by Gasteiger charge is -2.03. The highest BCUT2D eigenvalue weighted by molar-refractivity contribution is 9.10. The van der Waals surface area contributed by atoms with Crippen molar-refractivity contribution in [2.75, 3.05) is 5.43 Å². The van der Waals surface area contributed by atoms with Crippen LogP contribution in [0.5, 0.6) is 0 Å². The van der Waals surface area contributed by atoms with Crippen LogP contribution in [0.25, 0.3) is 0 Å². The van der Waals surface area contributed by atoms with Crippen molar-refractivity contribution in [3.05, 3.63) is 55.9 Å². The third-order valence-electron chi connectivity index (χ3n) is 2.35. The van der Waals surface area contributed by atoms with Gasteiger partial charge in [0, 0.05) is 11.5 Å². The van der Waals surface area contributed by atoms with Crippen molar-refractivity contribution >= 4 is 39.4 Å². The van der Waals surface area contributed by atoms with Crippen LogP contribution in [-0.4, -0.2) is 16.0 Å². The van der Waals surface area contributed by atoms with Crippen LogP contribution in [-0.2, 0) is 7.05 Å². The fourth-order valence-electron chi connectivity index (χ4n) is 1.31. The number of hydrazone groups is 1. The van der Waals surface area contributed by atoms with Gasteiger partial charge in [-0.2, -0.15) is 10.2 Å². The maximum atomic E-state index is 11.5. The monoisotopic (exact) mass is 340 g/mol. The number of halogens is 2. The van der Waals surface area contributed by atoms with Gasteiger partial charge in [0.1, 0.15) is 10.7 Å². The number of rotatable bonds is 3. The molecule has 5 nitrogen and oxygen atoms in total. The van der Waals surface area contributed by atoms with E-state index in [1.54, 1.807) is 6.21 Å². The number of hydrogen-bond donors (Lipinski definition) is 1. The van der Waals surface area contributed by atoms with E-state index in [0.717, 1.165) is 14.7 Å². The third-order valence-corrected chi connectivity index (χ3v) is 3.24. The highest BCUT2D eigenvalue weighted by Crippen LogP contribution is 2.14. The van der Waals surface area contributed by atoms with Gasteiger partial charge < -0.3 is 0 Å². The lowest BCUT2D eigenvalue weighted by molar-refractivity contribution is 0.708. The Hall–Kier alpha value is -1.66. The van der Waals surface area contributed by atoms with Crippen LogP contribution in [0.15, 0.2) is 44.8 Å². The number of aromatic nitrogens is 2. The molecule has 0 bridgehead atoms. The average molecular weight is 342 g/mol. The van der Waals surface area contributed by atoms with Gasteiger partial charge in [-0.15, -0.1) is 0 Å². The Balaban J connectivity index is 2.13. The number of benzene rings is 1. The van der Waals surface area contributed by atoms with Crippen LogP contribution >= 0.6 is 27.5 Å². The van der Waals surface area contributed by atoms with Gasteiger partial charge in [-0.3, -0.25) is 10.2 Å². The van der Waals surface area contributed by atoms with Crippen molar-refractivity contribution in [1.82, 2.24) is 9.78 Å². The number of aryl methyl sites for hydroxylation is 1. The molecule has 0 fully saturated rings. The molecule has 1 N–H and O–H groups in total. The van der Waals surface area contributed by atoms with Crippen molar-refractivity contribution in [2.45, 2.75) is 0 Å². The fraction of sp³-hybridized carbons (Fsp3) is 0.0833. The molecule has 0 atom stereocenters. The number of nitrogens with one attached hydrogen (secondary N) is 1. The largest absolute Gasteiger partial charge is 0.287 e. The van der Waals surface area contributed by atoms with E-state index in [9.17, 15) is 4.79 Å². The SMILES string of the molecule is Cn1ncc(N/N=C\c2ccc(Br)cc2)c(Cl)c1=O. The first-order valence-corrected chi connectivity index (χ1v) is 6.51. The Morgan fingerprint density at radius 2 is 2.11 bits per heavy atom. The topological polar surface area (TPSA) is 59.3 Å². The van der Waals surface area contributed by atoms with Gasteiger partial charge in [-0.05, 0) is 17.7 Å². The zero-order chi connectivity index (χ0) is 13.8. The van der Waals surface area contributed by atoms with Crippen LogP contribution in [0, 0.1) is 0 Å². The molecule has 0 saturated carbocycles. The van der Waals surface area contributed by atoms with E-state index in [1.807, 2.05) is 24.3 Å². The number of nitrogens with zero attached hydrogens (tertiary/aromatic N) is 3. The molecule has 1 aromatic carbocycles. The van der Waals surface area contributed by atoms with Crippen molar-refractivity contribution in [1.29, 1.82) is 0 Å². The predicted octanol–water partition coefficient (Wildman–Crippen LogP) is 2.64. The van der Waals surface area contributed by atoms with E-state index in [-0.39, 0.29) is 10.6 Å². The summed E-state index contributed by atoms with van der Waals surface area (Å²) in [7, 11) is 1.53. The van der Waals surface area contributed by atoms with Gasteiger partial charge in [0.25, 0.3) is 5.56 Å². The summed E-state index contributed by atoms with van der Waals surface area (Å²) in [4.78, 5) is 11.5. The first-order valence-electron chi connectivity index (χ1n) is 5.34. The standard InChI is InChI=1S/C12H10BrClN4O/c1-18-12(19)11(14)10(7-16-18)17-15-6-8-2-4-9(13)5-3-8/h2-7,17H,1H3/b15-6-. The highest BCUT2D eigenvalue weighted by Gasteiger charge is 2.05. The van der Waals surface area contributed by atoms with Crippen LogP contribution in [0.2, 0.25) is 5.02 Å². The van der Waals surface area contributed by atoms with Gasteiger partial charge in [0.05, 0.1) is 12.4 Å². The summed E-state index contributed by atoms with van der Waals surface area (Å²) in [6.45, 7) is 0. The molecule has 1 aromatic heterocycles. The maximum Gasteiger partial charge on any atom is 0.287 e. The molecule has 0 aliphatic rings. The fourth-order valence-corrected chi connectivity index (χ4v) is 1.79. The second-order valence-corrected chi connectivity index (χ2v) is 5.02. The molecule has 98 valence electrons. The predicted molar refractivity (Wildman–Crippen MR) is 79.8 cm³/mol. The molecule has 7 heteroatoms. The van der Waals surface area contributed by atoms with E-state index in [1.165, 1.54) is 13.2 Å². The summed E-state index contributed by atoms with van der Waals surface area (Å²) >= 11 is 9.24. The first kappa shape index (κ1) is 13.8. The van der Waals surface area contributed by atoms with Crippen molar-refractivity contribution in [3.8, 4) is 0 Å². The molecule has 0 radical (unpaired) electrons. The van der Waals surface area contributed by atoms with Crippen LogP contribution in [0.3, 0.4) is 0 Å². The summed E-state index contributed by atoms with van der Waals surface area (Å²) in [5.41, 5.74) is 3.62. The number of anilines is 1. The van der Waals surface area contributed by atoms with Gasteiger partial charge in [-0.25, -0.2) is 4.68 Å². The lowest BCUT2D eigenvalue weighted by Crippen LogP contribution is -2.20. The molecule has 0 spiro atoms. The Kier molecular flexibility index (Phi) is 4.34. The molecule has 1 heterocycles. The van der Waals surface area contributed by atoms with Gasteiger partial charge in [-0.1, -0.05) is 39.7 Å². The molecule has 0 aliphatic heterocycles. The van der Waals surface area contributed by atoms with Crippen molar-refractivity contribution in [3.63, 3.8) is 0 Å². The summed E-state index contributed by atoms with van der Waals surface area (Å²) < 4.78 is 2.16. The highest BCUT2D eigenvalue weighted by atomic mass is 79.9. The van der Waals surface area contributed by atoms with E-state index >= 15 is 0 Å². The van der Waals surface area contributed by atoms with Gasteiger partial charge in [0.2, 0.25) is 0 Å².